The van der Waals surface area contributed by atoms with Crippen LogP contribution in [0.25, 0.3) is 0 Å². The van der Waals surface area contributed by atoms with Crippen molar-refractivity contribution in [1.29, 1.82) is 0 Å². The van der Waals surface area contributed by atoms with Gasteiger partial charge in [-0.2, -0.15) is 0 Å². The van der Waals surface area contributed by atoms with Crippen LogP contribution in [0.4, 0.5) is 0 Å². The molecular formula is C17H25NO5S. The Bertz CT molecular complexity index is 726. The van der Waals surface area contributed by atoms with Crippen LogP contribution in [0.1, 0.15) is 43.6 Å². The summed E-state index contributed by atoms with van der Waals surface area (Å²) in [6, 6.07) is 4.96. The van der Waals surface area contributed by atoms with Gasteiger partial charge in [0.2, 0.25) is 0 Å². The van der Waals surface area contributed by atoms with Crippen LogP contribution in [-0.2, 0) is 21.0 Å². The summed E-state index contributed by atoms with van der Waals surface area (Å²) >= 11 is 0. The molecular weight excluding hydrogens is 330 g/mol. The van der Waals surface area contributed by atoms with Gasteiger partial charge in [-0.25, -0.2) is 13.2 Å². The Labute approximate surface area is 143 Å². The summed E-state index contributed by atoms with van der Waals surface area (Å²) in [4.78, 5) is 11.7. The molecule has 134 valence electrons. The fraction of sp³-hybridized carbons (Fsp3) is 0.588. The number of benzene rings is 1. The number of carbonyl (C=O) groups is 1. The van der Waals surface area contributed by atoms with Crippen LogP contribution in [0.2, 0.25) is 0 Å². The minimum atomic E-state index is -3.19. The summed E-state index contributed by atoms with van der Waals surface area (Å²) in [6.45, 7) is 7.13. The van der Waals surface area contributed by atoms with E-state index in [0.717, 1.165) is 5.56 Å². The van der Waals surface area contributed by atoms with E-state index in [-0.39, 0.29) is 11.8 Å². The predicted molar refractivity (Wildman–Crippen MR) is 92.0 cm³/mol. The SMILES string of the molecule is CCS(=O)(=O)C(C)NC1Cc2cc(C(=O)OC)ccc2OC1(C)C. The summed E-state index contributed by atoms with van der Waals surface area (Å²) in [5.41, 5.74) is 0.737. The van der Waals surface area contributed by atoms with E-state index in [1.165, 1.54) is 7.11 Å². The second-order valence-corrected chi connectivity index (χ2v) is 9.15. The topological polar surface area (TPSA) is 81.7 Å². The molecule has 1 aromatic carbocycles. The number of hydrogen-bond donors (Lipinski definition) is 1. The monoisotopic (exact) mass is 355 g/mol. The Kier molecular flexibility index (Phi) is 5.25. The maximum atomic E-state index is 12.0. The molecule has 0 saturated heterocycles. The molecule has 0 amide bonds. The summed E-state index contributed by atoms with van der Waals surface area (Å²) in [7, 11) is -1.86. The first kappa shape index (κ1) is 18.7. The minimum Gasteiger partial charge on any atom is -0.486 e. The Morgan fingerprint density at radius 3 is 2.71 bits per heavy atom. The van der Waals surface area contributed by atoms with Crippen molar-refractivity contribution in [2.24, 2.45) is 0 Å². The number of rotatable bonds is 5. The van der Waals surface area contributed by atoms with Crippen LogP contribution in [-0.4, -0.2) is 44.3 Å². The highest BCUT2D eigenvalue weighted by atomic mass is 32.2. The summed E-state index contributed by atoms with van der Waals surface area (Å²) in [5, 5.41) is 2.51. The highest BCUT2D eigenvalue weighted by Crippen LogP contribution is 2.34. The molecule has 0 bridgehead atoms. The number of esters is 1. The Hall–Kier alpha value is -1.60. The van der Waals surface area contributed by atoms with Gasteiger partial charge in [-0.1, -0.05) is 6.92 Å². The van der Waals surface area contributed by atoms with Crippen LogP contribution in [0.5, 0.6) is 5.75 Å². The van der Waals surface area contributed by atoms with Crippen LogP contribution in [0, 0.1) is 0 Å². The van der Waals surface area contributed by atoms with E-state index in [9.17, 15) is 13.2 Å². The molecule has 6 nitrogen and oxygen atoms in total. The molecule has 0 spiro atoms. The average Bonchev–Trinajstić information content (AvgIpc) is 2.53. The fourth-order valence-corrected chi connectivity index (χ4v) is 3.67. The van der Waals surface area contributed by atoms with Gasteiger partial charge in [0.1, 0.15) is 16.7 Å². The van der Waals surface area contributed by atoms with E-state index >= 15 is 0 Å². The molecule has 2 atom stereocenters. The lowest BCUT2D eigenvalue weighted by Gasteiger charge is -2.41. The first-order chi connectivity index (χ1) is 11.1. The summed E-state index contributed by atoms with van der Waals surface area (Å²) < 4.78 is 34.9. The van der Waals surface area contributed by atoms with Gasteiger partial charge >= 0.3 is 5.97 Å². The van der Waals surface area contributed by atoms with Gasteiger partial charge in [0.05, 0.1) is 18.7 Å². The van der Waals surface area contributed by atoms with E-state index in [2.05, 4.69) is 5.32 Å². The van der Waals surface area contributed by atoms with Crippen LogP contribution in [0.3, 0.4) is 0 Å². The molecule has 0 fully saturated rings. The quantitative estimate of drug-likeness (QED) is 0.813. The number of fused-ring (bicyclic) bond motifs is 1. The fourth-order valence-electron chi connectivity index (χ4n) is 2.80. The standard InChI is InChI=1S/C17H25NO5S/c1-6-24(20,21)11(2)18-15-10-13-9-12(16(19)22-5)7-8-14(13)23-17(15,3)4/h7-9,11,15,18H,6,10H2,1-5H3. The van der Waals surface area contributed by atoms with Gasteiger partial charge in [-0.15, -0.1) is 0 Å². The van der Waals surface area contributed by atoms with Crippen molar-refractivity contribution >= 4 is 15.8 Å². The van der Waals surface area contributed by atoms with E-state index in [1.54, 1.807) is 32.0 Å². The Morgan fingerprint density at radius 2 is 2.12 bits per heavy atom. The first-order valence-corrected chi connectivity index (χ1v) is 9.70. The van der Waals surface area contributed by atoms with Crippen LogP contribution < -0.4 is 10.1 Å². The van der Waals surface area contributed by atoms with Gasteiger partial charge < -0.3 is 9.47 Å². The van der Waals surface area contributed by atoms with Crippen molar-refractivity contribution in [2.75, 3.05) is 12.9 Å². The normalized spacial score (nSPS) is 20.6. The van der Waals surface area contributed by atoms with Crippen molar-refractivity contribution in [1.82, 2.24) is 5.32 Å². The molecule has 1 N–H and O–H groups in total. The lowest BCUT2D eigenvalue weighted by atomic mass is 9.88. The van der Waals surface area contributed by atoms with Crippen molar-refractivity contribution < 1.29 is 22.7 Å². The molecule has 1 heterocycles. The molecule has 2 rings (SSSR count). The van der Waals surface area contributed by atoms with Gasteiger partial charge in [-0.05, 0) is 51.0 Å². The van der Waals surface area contributed by atoms with Gasteiger partial charge in [0.25, 0.3) is 0 Å². The second-order valence-electron chi connectivity index (χ2n) is 6.54. The summed E-state index contributed by atoms with van der Waals surface area (Å²) in [5.74, 6) is 0.379. The highest BCUT2D eigenvalue weighted by Gasteiger charge is 2.39. The van der Waals surface area contributed by atoms with Gasteiger partial charge in [0, 0.05) is 5.75 Å². The van der Waals surface area contributed by atoms with Gasteiger partial charge in [0.15, 0.2) is 9.84 Å². The zero-order valence-electron chi connectivity index (χ0n) is 14.8. The molecule has 24 heavy (non-hydrogen) atoms. The van der Waals surface area contributed by atoms with Crippen molar-refractivity contribution in [3.8, 4) is 5.75 Å². The average molecular weight is 355 g/mol. The zero-order chi connectivity index (χ0) is 18.1. The molecule has 0 aromatic heterocycles. The molecule has 1 aromatic rings. The molecule has 1 aliphatic heterocycles. The predicted octanol–water partition coefficient (Wildman–Crippen LogP) is 1.93. The first-order valence-electron chi connectivity index (χ1n) is 7.98. The van der Waals surface area contributed by atoms with Crippen molar-refractivity contribution in [3.05, 3.63) is 29.3 Å². The molecule has 0 radical (unpaired) electrons. The van der Waals surface area contributed by atoms with Crippen LogP contribution in [0.15, 0.2) is 18.2 Å². The van der Waals surface area contributed by atoms with Crippen molar-refractivity contribution in [3.63, 3.8) is 0 Å². The lowest BCUT2D eigenvalue weighted by molar-refractivity contribution is 0.0473. The second kappa shape index (κ2) is 6.72. The van der Waals surface area contributed by atoms with Crippen LogP contribution >= 0.6 is 0 Å². The number of hydrogen-bond acceptors (Lipinski definition) is 6. The van der Waals surface area contributed by atoms with Crippen molar-refractivity contribution in [2.45, 2.75) is 51.1 Å². The number of carbonyl (C=O) groups excluding carboxylic acids is 1. The third-order valence-corrected chi connectivity index (χ3v) is 6.51. The number of methoxy groups -OCH3 is 1. The number of sulfone groups is 1. The molecule has 1 aliphatic rings. The van der Waals surface area contributed by atoms with E-state index in [1.807, 2.05) is 13.8 Å². The Morgan fingerprint density at radius 1 is 1.46 bits per heavy atom. The van der Waals surface area contributed by atoms with Gasteiger partial charge in [-0.3, -0.25) is 5.32 Å². The number of nitrogens with one attached hydrogen (secondary N) is 1. The third kappa shape index (κ3) is 3.72. The van der Waals surface area contributed by atoms with E-state index in [0.29, 0.717) is 17.7 Å². The number of ether oxygens (including phenoxy) is 2. The summed E-state index contributed by atoms with van der Waals surface area (Å²) in [6.07, 6.45) is 0.566. The zero-order valence-corrected chi connectivity index (χ0v) is 15.6. The minimum absolute atomic E-state index is 0.0816. The third-order valence-electron chi connectivity index (χ3n) is 4.49. The largest absolute Gasteiger partial charge is 0.486 e. The van der Waals surface area contributed by atoms with E-state index in [4.69, 9.17) is 9.47 Å². The molecule has 0 saturated carbocycles. The molecule has 0 aliphatic carbocycles. The van der Waals surface area contributed by atoms with E-state index < -0.39 is 26.8 Å². The Balaban J connectivity index is 2.28. The molecule has 2 unspecified atom stereocenters. The smallest absolute Gasteiger partial charge is 0.337 e. The maximum Gasteiger partial charge on any atom is 0.337 e. The lowest BCUT2D eigenvalue weighted by Crippen LogP contribution is -2.57. The maximum absolute atomic E-state index is 12.0. The highest BCUT2D eigenvalue weighted by molar-refractivity contribution is 7.91. The molecule has 7 heteroatoms.